The fourth-order valence-corrected chi connectivity index (χ4v) is 3.79. The minimum Gasteiger partial charge on any atom is -0.337 e. The van der Waals surface area contributed by atoms with E-state index in [4.69, 9.17) is 0 Å². The van der Waals surface area contributed by atoms with Gasteiger partial charge in [-0.25, -0.2) is 0 Å². The number of amides is 1. The highest BCUT2D eigenvalue weighted by atomic mass is 16.2. The molecule has 1 aliphatic rings. The number of para-hydroxylation sites is 1. The molecule has 1 unspecified atom stereocenters. The Labute approximate surface area is 153 Å². The van der Waals surface area contributed by atoms with Crippen molar-refractivity contribution >= 4 is 16.8 Å². The van der Waals surface area contributed by atoms with Crippen LogP contribution in [0, 0.1) is 5.92 Å². The summed E-state index contributed by atoms with van der Waals surface area (Å²) in [6.45, 7) is 1.57. The van der Waals surface area contributed by atoms with E-state index in [1.54, 1.807) is 18.3 Å². The number of rotatable bonds is 3. The van der Waals surface area contributed by atoms with Crippen LogP contribution in [0.2, 0.25) is 0 Å². The van der Waals surface area contributed by atoms with E-state index in [2.05, 4.69) is 39.4 Å². The van der Waals surface area contributed by atoms with Gasteiger partial charge in [-0.15, -0.1) is 5.10 Å². The summed E-state index contributed by atoms with van der Waals surface area (Å²) in [5, 5.41) is 8.97. The molecule has 1 fully saturated rings. The Bertz CT molecular complexity index is 891. The topological polar surface area (TPSA) is 59.0 Å². The second-order valence-corrected chi connectivity index (χ2v) is 6.89. The molecule has 0 radical (unpaired) electrons. The van der Waals surface area contributed by atoms with Crippen molar-refractivity contribution in [2.75, 3.05) is 13.1 Å². The first kappa shape index (κ1) is 16.6. The van der Waals surface area contributed by atoms with Gasteiger partial charge in [-0.2, -0.15) is 5.10 Å². The number of aromatic nitrogens is 3. The van der Waals surface area contributed by atoms with E-state index in [9.17, 15) is 4.79 Å². The van der Waals surface area contributed by atoms with Crippen LogP contribution in [0.25, 0.3) is 10.9 Å². The van der Waals surface area contributed by atoms with Crippen molar-refractivity contribution in [2.24, 2.45) is 5.92 Å². The van der Waals surface area contributed by atoms with Crippen molar-refractivity contribution < 1.29 is 4.79 Å². The first-order chi connectivity index (χ1) is 12.8. The summed E-state index contributed by atoms with van der Waals surface area (Å²) in [6, 6.07) is 14.0. The molecule has 0 bridgehead atoms. The van der Waals surface area contributed by atoms with Gasteiger partial charge in [0, 0.05) is 30.9 Å². The predicted molar refractivity (Wildman–Crippen MR) is 101 cm³/mol. The Morgan fingerprint density at radius 1 is 1.04 bits per heavy atom. The molecule has 1 atom stereocenters. The number of hydrogen-bond acceptors (Lipinski definition) is 4. The number of fused-ring (bicyclic) bond motifs is 1. The molecule has 1 saturated heterocycles. The van der Waals surface area contributed by atoms with Crippen molar-refractivity contribution in [1.82, 2.24) is 20.1 Å². The fourth-order valence-electron chi connectivity index (χ4n) is 3.79. The lowest BCUT2D eigenvalue weighted by atomic mass is 9.91. The predicted octanol–water partition coefficient (Wildman–Crippen LogP) is 3.51. The van der Waals surface area contributed by atoms with E-state index in [0.29, 0.717) is 11.6 Å². The van der Waals surface area contributed by atoms with Crippen LogP contribution in [0.4, 0.5) is 0 Å². The first-order valence-corrected chi connectivity index (χ1v) is 9.21. The molecule has 3 heterocycles. The Morgan fingerprint density at radius 3 is 2.81 bits per heavy atom. The molecular weight excluding hydrogens is 324 g/mol. The lowest BCUT2D eigenvalue weighted by molar-refractivity contribution is 0.0753. The molecule has 3 aromatic rings. The summed E-state index contributed by atoms with van der Waals surface area (Å²) in [5.41, 5.74) is 2.85. The van der Waals surface area contributed by atoms with Crippen molar-refractivity contribution in [3.8, 4) is 0 Å². The molecule has 0 spiro atoms. The largest absolute Gasteiger partial charge is 0.337 e. The van der Waals surface area contributed by atoms with Gasteiger partial charge in [0.25, 0.3) is 5.91 Å². The Kier molecular flexibility index (Phi) is 4.86. The molecule has 1 aromatic carbocycles. The molecule has 1 amide bonds. The Balaban J connectivity index is 1.45. The summed E-state index contributed by atoms with van der Waals surface area (Å²) in [4.78, 5) is 19.1. The van der Waals surface area contributed by atoms with Gasteiger partial charge in [-0.3, -0.25) is 9.78 Å². The van der Waals surface area contributed by atoms with Crippen LogP contribution < -0.4 is 0 Å². The molecule has 0 N–H and O–H groups in total. The van der Waals surface area contributed by atoms with Gasteiger partial charge < -0.3 is 4.90 Å². The third-order valence-corrected chi connectivity index (χ3v) is 5.15. The van der Waals surface area contributed by atoms with Crippen molar-refractivity contribution in [3.05, 3.63) is 66.1 Å². The second kappa shape index (κ2) is 7.60. The van der Waals surface area contributed by atoms with Crippen LogP contribution in [-0.4, -0.2) is 39.1 Å². The lowest BCUT2D eigenvalue weighted by Crippen LogP contribution is -2.32. The Hall–Kier alpha value is -2.82. The molecule has 0 saturated carbocycles. The highest BCUT2D eigenvalue weighted by molar-refractivity contribution is 5.92. The van der Waals surface area contributed by atoms with Crippen LogP contribution in [0.3, 0.4) is 0 Å². The van der Waals surface area contributed by atoms with Gasteiger partial charge in [0.05, 0.1) is 5.52 Å². The number of benzene rings is 1. The van der Waals surface area contributed by atoms with Gasteiger partial charge in [0.1, 0.15) is 0 Å². The minimum atomic E-state index is -0.00872. The summed E-state index contributed by atoms with van der Waals surface area (Å²) in [7, 11) is 0. The molecule has 26 heavy (non-hydrogen) atoms. The van der Waals surface area contributed by atoms with E-state index in [-0.39, 0.29) is 5.91 Å². The molecule has 132 valence electrons. The van der Waals surface area contributed by atoms with E-state index in [0.717, 1.165) is 44.3 Å². The SMILES string of the molecule is O=C(c1cccnn1)N1CCCC(Cc2cccc3cccnc23)CC1. The van der Waals surface area contributed by atoms with E-state index >= 15 is 0 Å². The van der Waals surface area contributed by atoms with Crippen molar-refractivity contribution in [1.29, 1.82) is 0 Å². The van der Waals surface area contributed by atoms with Crippen molar-refractivity contribution in [2.45, 2.75) is 25.7 Å². The maximum Gasteiger partial charge on any atom is 0.274 e. The Morgan fingerprint density at radius 2 is 1.92 bits per heavy atom. The molecule has 2 aromatic heterocycles. The van der Waals surface area contributed by atoms with Gasteiger partial charge in [-0.1, -0.05) is 24.3 Å². The molecule has 5 heteroatoms. The summed E-state index contributed by atoms with van der Waals surface area (Å²) in [5.74, 6) is 0.563. The smallest absolute Gasteiger partial charge is 0.274 e. The quantitative estimate of drug-likeness (QED) is 0.728. The fraction of sp³-hybridized carbons (Fsp3) is 0.333. The van der Waals surface area contributed by atoms with Crippen molar-refractivity contribution in [3.63, 3.8) is 0 Å². The zero-order chi connectivity index (χ0) is 17.8. The summed E-state index contributed by atoms with van der Waals surface area (Å²) < 4.78 is 0. The normalized spacial score (nSPS) is 17.8. The van der Waals surface area contributed by atoms with Crippen LogP contribution >= 0.6 is 0 Å². The van der Waals surface area contributed by atoms with E-state index < -0.39 is 0 Å². The van der Waals surface area contributed by atoms with Crippen LogP contribution in [0.5, 0.6) is 0 Å². The standard InChI is InChI=1S/C21H22N4O/c26-21(19-9-3-12-23-24-19)25-13-4-5-16(10-14-25)15-18-7-1-6-17-8-2-11-22-20(17)18/h1-3,6-9,11-12,16H,4-5,10,13-15H2. The van der Waals surface area contributed by atoms with E-state index in [1.807, 2.05) is 17.2 Å². The van der Waals surface area contributed by atoms with Gasteiger partial charge >= 0.3 is 0 Å². The second-order valence-electron chi connectivity index (χ2n) is 6.89. The van der Waals surface area contributed by atoms with Crippen LogP contribution in [-0.2, 0) is 6.42 Å². The monoisotopic (exact) mass is 346 g/mol. The number of pyridine rings is 1. The zero-order valence-electron chi connectivity index (χ0n) is 14.7. The minimum absolute atomic E-state index is 0.00872. The highest BCUT2D eigenvalue weighted by Crippen LogP contribution is 2.25. The number of carbonyl (C=O) groups is 1. The summed E-state index contributed by atoms with van der Waals surface area (Å²) in [6.07, 6.45) is 7.63. The lowest BCUT2D eigenvalue weighted by Gasteiger charge is -2.20. The van der Waals surface area contributed by atoms with E-state index in [1.165, 1.54) is 10.9 Å². The number of hydrogen-bond donors (Lipinski definition) is 0. The maximum atomic E-state index is 12.6. The first-order valence-electron chi connectivity index (χ1n) is 9.21. The number of likely N-dealkylation sites (tertiary alicyclic amines) is 1. The zero-order valence-corrected chi connectivity index (χ0v) is 14.7. The average molecular weight is 346 g/mol. The maximum absolute atomic E-state index is 12.6. The average Bonchev–Trinajstić information content (AvgIpc) is 2.94. The molecule has 1 aliphatic heterocycles. The highest BCUT2D eigenvalue weighted by Gasteiger charge is 2.23. The van der Waals surface area contributed by atoms with Crippen LogP contribution in [0.15, 0.2) is 54.9 Å². The molecular formula is C21H22N4O. The molecule has 5 nitrogen and oxygen atoms in total. The molecule has 4 rings (SSSR count). The summed E-state index contributed by atoms with van der Waals surface area (Å²) >= 11 is 0. The van der Waals surface area contributed by atoms with Crippen LogP contribution in [0.1, 0.15) is 35.3 Å². The van der Waals surface area contributed by atoms with Gasteiger partial charge in [0.15, 0.2) is 5.69 Å². The molecule has 0 aliphatic carbocycles. The van der Waals surface area contributed by atoms with Gasteiger partial charge in [-0.05, 0) is 55.4 Å². The van der Waals surface area contributed by atoms with Gasteiger partial charge in [0.2, 0.25) is 0 Å². The third kappa shape index (κ3) is 3.57. The number of nitrogens with zero attached hydrogens (tertiary/aromatic N) is 4. The third-order valence-electron chi connectivity index (χ3n) is 5.15. The number of carbonyl (C=O) groups excluding carboxylic acids is 1.